The van der Waals surface area contributed by atoms with Crippen LogP contribution in [-0.2, 0) is 0 Å². The maximum Gasteiger partial charge on any atom is 0.354 e. The summed E-state index contributed by atoms with van der Waals surface area (Å²) in [4.78, 5) is 52.3. The highest BCUT2D eigenvalue weighted by Gasteiger charge is 2.11. The number of rotatable bonds is 3. The van der Waals surface area contributed by atoms with Gasteiger partial charge in [0.2, 0.25) is 0 Å². The number of aromatic carboxylic acids is 1. The Morgan fingerprint density at radius 1 is 1.20 bits per heavy atom. The van der Waals surface area contributed by atoms with Crippen LogP contribution in [0.25, 0.3) is 0 Å². The molecule has 0 aromatic carbocycles. The molecule has 0 aliphatic heterocycles. The highest BCUT2D eigenvalue weighted by atomic mass is 16.4. The van der Waals surface area contributed by atoms with Crippen LogP contribution in [0.2, 0.25) is 0 Å². The summed E-state index contributed by atoms with van der Waals surface area (Å²) in [6.45, 7) is 0. The van der Waals surface area contributed by atoms with Crippen molar-refractivity contribution in [2.45, 2.75) is 0 Å². The van der Waals surface area contributed by atoms with Gasteiger partial charge in [-0.25, -0.2) is 14.6 Å². The van der Waals surface area contributed by atoms with Crippen LogP contribution in [0.1, 0.15) is 21.0 Å². The molecule has 9 heteroatoms. The number of carbonyl (C=O) groups excluding carboxylic acids is 1. The minimum atomic E-state index is -1.24. The number of nitrogens with one attached hydrogen (secondary N) is 3. The summed E-state index contributed by atoms with van der Waals surface area (Å²) < 4.78 is 0. The van der Waals surface area contributed by atoms with Crippen molar-refractivity contribution in [3.05, 3.63) is 56.5 Å². The summed E-state index contributed by atoms with van der Waals surface area (Å²) in [7, 11) is 0. The van der Waals surface area contributed by atoms with Crippen LogP contribution in [-0.4, -0.2) is 31.9 Å². The third kappa shape index (κ3) is 2.96. The lowest BCUT2D eigenvalue weighted by Gasteiger charge is -2.04. The van der Waals surface area contributed by atoms with Crippen molar-refractivity contribution >= 4 is 17.7 Å². The first-order valence-electron chi connectivity index (χ1n) is 5.31. The molecule has 0 spiro atoms. The lowest BCUT2D eigenvalue weighted by Crippen LogP contribution is -2.27. The second kappa shape index (κ2) is 5.18. The summed E-state index contributed by atoms with van der Waals surface area (Å²) in [5.41, 5.74) is -2.07. The number of nitrogens with zero attached hydrogens (tertiary/aromatic N) is 1. The van der Waals surface area contributed by atoms with Crippen LogP contribution in [0.5, 0.6) is 0 Å². The quantitative estimate of drug-likeness (QED) is 0.589. The van der Waals surface area contributed by atoms with Crippen LogP contribution < -0.4 is 16.6 Å². The molecule has 0 fully saturated rings. The largest absolute Gasteiger partial charge is 0.477 e. The molecule has 0 aliphatic rings. The molecule has 20 heavy (non-hydrogen) atoms. The van der Waals surface area contributed by atoms with Crippen LogP contribution in [0, 0.1) is 0 Å². The molecule has 0 bridgehead atoms. The molecule has 2 rings (SSSR count). The Bertz CT molecular complexity index is 763. The van der Waals surface area contributed by atoms with Gasteiger partial charge in [-0.05, 0) is 12.1 Å². The Labute approximate surface area is 110 Å². The van der Waals surface area contributed by atoms with E-state index in [2.05, 4.69) is 15.3 Å². The first-order valence-corrected chi connectivity index (χ1v) is 5.31. The fourth-order valence-corrected chi connectivity index (χ4v) is 1.40. The number of carboxylic acid groups (broad SMARTS) is 1. The van der Waals surface area contributed by atoms with Gasteiger partial charge in [0.15, 0.2) is 5.69 Å². The zero-order valence-electron chi connectivity index (χ0n) is 9.84. The minimum absolute atomic E-state index is 0.0176. The van der Waals surface area contributed by atoms with Gasteiger partial charge in [-0.3, -0.25) is 14.6 Å². The topological polar surface area (TPSA) is 145 Å². The Kier molecular flexibility index (Phi) is 3.42. The van der Waals surface area contributed by atoms with Crippen molar-refractivity contribution in [3.8, 4) is 0 Å². The van der Waals surface area contributed by atoms with E-state index in [0.717, 1.165) is 6.07 Å². The Morgan fingerprint density at radius 3 is 2.60 bits per heavy atom. The summed E-state index contributed by atoms with van der Waals surface area (Å²) in [5, 5.41) is 11.0. The standard InChI is InChI=1S/C11H8N4O5/c16-8-4-6(13-11(20)15-8)9(17)14-7-3-1-2-5(12-7)10(18)19/h1-4H,(H,18,19)(H,12,14,17)(H2,13,15,16,20). The number of hydrogen-bond acceptors (Lipinski definition) is 5. The number of H-pyrrole nitrogens is 2. The molecule has 9 nitrogen and oxygen atoms in total. The Morgan fingerprint density at radius 2 is 1.95 bits per heavy atom. The number of carboxylic acids is 1. The molecule has 1 amide bonds. The maximum absolute atomic E-state index is 11.8. The van der Waals surface area contributed by atoms with E-state index in [1.165, 1.54) is 18.2 Å². The molecule has 4 N–H and O–H groups in total. The zero-order valence-corrected chi connectivity index (χ0v) is 9.84. The smallest absolute Gasteiger partial charge is 0.354 e. The molecule has 2 heterocycles. The molecule has 0 unspecified atom stereocenters. The van der Waals surface area contributed by atoms with Crippen molar-refractivity contribution < 1.29 is 14.7 Å². The second-order valence-electron chi connectivity index (χ2n) is 3.67. The fourth-order valence-electron chi connectivity index (χ4n) is 1.40. The Hall–Kier alpha value is -3.23. The average molecular weight is 276 g/mol. The van der Waals surface area contributed by atoms with E-state index >= 15 is 0 Å². The number of aromatic nitrogens is 3. The van der Waals surface area contributed by atoms with E-state index in [-0.39, 0.29) is 17.2 Å². The van der Waals surface area contributed by atoms with Gasteiger partial charge in [0.25, 0.3) is 11.5 Å². The molecule has 0 radical (unpaired) electrons. The first-order chi connectivity index (χ1) is 9.45. The fraction of sp³-hybridized carbons (Fsp3) is 0. The van der Waals surface area contributed by atoms with Crippen molar-refractivity contribution in [3.63, 3.8) is 0 Å². The molecule has 2 aromatic heterocycles. The zero-order chi connectivity index (χ0) is 14.7. The highest BCUT2D eigenvalue weighted by Crippen LogP contribution is 2.06. The number of carbonyl (C=O) groups is 2. The summed E-state index contributed by atoms with van der Waals surface area (Å²) in [6.07, 6.45) is 0. The number of aromatic amines is 2. The van der Waals surface area contributed by atoms with E-state index in [0.29, 0.717) is 0 Å². The van der Waals surface area contributed by atoms with Crippen molar-refractivity contribution in [2.75, 3.05) is 5.32 Å². The van der Waals surface area contributed by atoms with Gasteiger partial charge in [0.05, 0.1) is 0 Å². The SMILES string of the molecule is O=C(O)c1cccc(NC(=O)c2cc(=O)[nH]c(=O)[nH]2)n1. The van der Waals surface area contributed by atoms with Crippen LogP contribution in [0.4, 0.5) is 5.82 Å². The number of hydrogen-bond donors (Lipinski definition) is 4. The Balaban J connectivity index is 2.27. The summed E-state index contributed by atoms with van der Waals surface area (Å²) in [5.74, 6) is -2.05. The summed E-state index contributed by atoms with van der Waals surface area (Å²) >= 11 is 0. The molecule has 0 saturated carbocycles. The van der Waals surface area contributed by atoms with Crippen LogP contribution in [0.15, 0.2) is 33.9 Å². The first kappa shape index (κ1) is 13.2. The van der Waals surface area contributed by atoms with E-state index < -0.39 is 23.1 Å². The van der Waals surface area contributed by atoms with Gasteiger partial charge >= 0.3 is 11.7 Å². The van der Waals surface area contributed by atoms with Crippen LogP contribution in [0.3, 0.4) is 0 Å². The minimum Gasteiger partial charge on any atom is -0.477 e. The van der Waals surface area contributed by atoms with Crippen molar-refractivity contribution in [1.82, 2.24) is 15.0 Å². The molecule has 2 aromatic rings. The molecular weight excluding hydrogens is 268 g/mol. The monoisotopic (exact) mass is 276 g/mol. The number of pyridine rings is 1. The van der Waals surface area contributed by atoms with E-state index in [4.69, 9.17) is 5.11 Å². The average Bonchev–Trinajstić information content (AvgIpc) is 2.37. The third-order valence-electron chi connectivity index (χ3n) is 2.21. The molecule has 0 saturated heterocycles. The lowest BCUT2D eigenvalue weighted by atomic mass is 10.3. The molecular formula is C11H8N4O5. The molecule has 102 valence electrons. The lowest BCUT2D eigenvalue weighted by molar-refractivity contribution is 0.0690. The van der Waals surface area contributed by atoms with E-state index in [1.807, 2.05) is 4.98 Å². The van der Waals surface area contributed by atoms with Crippen LogP contribution >= 0.6 is 0 Å². The van der Waals surface area contributed by atoms with E-state index in [9.17, 15) is 19.2 Å². The normalized spacial score (nSPS) is 10.0. The number of amides is 1. The molecule has 0 atom stereocenters. The predicted molar refractivity (Wildman–Crippen MR) is 66.8 cm³/mol. The van der Waals surface area contributed by atoms with Crippen molar-refractivity contribution in [1.29, 1.82) is 0 Å². The van der Waals surface area contributed by atoms with Gasteiger partial charge in [-0.1, -0.05) is 6.07 Å². The maximum atomic E-state index is 11.8. The van der Waals surface area contributed by atoms with Gasteiger partial charge in [0.1, 0.15) is 11.5 Å². The van der Waals surface area contributed by atoms with Gasteiger partial charge in [0, 0.05) is 6.07 Å². The van der Waals surface area contributed by atoms with Gasteiger partial charge < -0.3 is 15.4 Å². The van der Waals surface area contributed by atoms with E-state index in [1.54, 1.807) is 0 Å². The molecule has 0 aliphatic carbocycles. The highest BCUT2D eigenvalue weighted by molar-refractivity contribution is 6.02. The van der Waals surface area contributed by atoms with Gasteiger partial charge in [-0.2, -0.15) is 0 Å². The second-order valence-corrected chi connectivity index (χ2v) is 3.67. The van der Waals surface area contributed by atoms with Crippen molar-refractivity contribution in [2.24, 2.45) is 0 Å². The van der Waals surface area contributed by atoms with Gasteiger partial charge in [-0.15, -0.1) is 0 Å². The summed E-state index contributed by atoms with van der Waals surface area (Å²) in [6, 6.07) is 4.92. The number of anilines is 1. The predicted octanol–water partition coefficient (Wildman–Crippen LogP) is -0.591. The third-order valence-corrected chi connectivity index (χ3v) is 2.21.